The van der Waals surface area contributed by atoms with Gasteiger partial charge in [-0.05, 0) is 56.5 Å². The van der Waals surface area contributed by atoms with Crippen molar-refractivity contribution >= 4 is 22.9 Å². The Morgan fingerprint density at radius 2 is 1.61 bits per heavy atom. The molecule has 150 valence electrons. The van der Waals surface area contributed by atoms with Crippen LogP contribution < -0.4 is 0 Å². The van der Waals surface area contributed by atoms with E-state index in [9.17, 15) is 13.2 Å². The van der Waals surface area contributed by atoms with Crippen molar-refractivity contribution in [3.63, 3.8) is 0 Å². The predicted molar refractivity (Wildman–Crippen MR) is 111 cm³/mol. The van der Waals surface area contributed by atoms with Crippen LogP contribution in [-0.2, 0) is 6.18 Å². The van der Waals surface area contributed by atoms with Gasteiger partial charge in [-0.3, -0.25) is 9.88 Å². The van der Waals surface area contributed by atoms with Gasteiger partial charge in [0.1, 0.15) is 0 Å². The van der Waals surface area contributed by atoms with Gasteiger partial charge < -0.3 is 0 Å². The predicted octanol–water partition coefficient (Wildman–Crippen LogP) is 6.10. The van der Waals surface area contributed by atoms with Gasteiger partial charge in [-0.2, -0.15) is 13.2 Å². The standard InChI is InChI=1S/C21H23F3IN3/c1-27-18(14-6-2-3-7-15(14)21(22,23)24)11-12-19(27)16-8-4-9-17(26-16)20-10-5-13-28(20)25/h2-4,6-9,18-20H,5,10-13H2,1H3. The minimum atomic E-state index is -4.33. The highest BCUT2D eigenvalue weighted by molar-refractivity contribution is 14.1. The molecule has 0 amide bonds. The molecule has 2 aliphatic heterocycles. The van der Waals surface area contributed by atoms with E-state index in [0.29, 0.717) is 18.0 Å². The summed E-state index contributed by atoms with van der Waals surface area (Å²) in [6.45, 7) is 1.07. The molecule has 0 saturated carbocycles. The fourth-order valence-corrected chi connectivity index (χ4v) is 5.49. The van der Waals surface area contributed by atoms with E-state index in [-0.39, 0.29) is 12.1 Å². The molecule has 0 aliphatic carbocycles. The van der Waals surface area contributed by atoms with Crippen molar-refractivity contribution in [1.82, 2.24) is 13.0 Å². The monoisotopic (exact) mass is 501 g/mol. The van der Waals surface area contributed by atoms with E-state index < -0.39 is 11.7 Å². The van der Waals surface area contributed by atoms with Gasteiger partial charge in [0.05, 0.1) is 29.0 Å². The quantitative estimate of drug-likeness (QED) is 0.375. The lowest BCUT2D eigenvalue weighted by molar-refractivity contribution is -0.138. The summed E-state index contributed by atoms with van der Waals surface area (Å²) in [5, 5.41) is 0. The highest BCUT2D eigenvalue weighted by Gasteiger charge is 2.40. The van der Waals surface area contributed by atoms with Crippen molar-refractivity contribution in [2.24, 2.45) is 0 Å². The van der Waals surface area contributed by atoms with Crippen LogP contribution in [0, 0.1) is 0 Å². The van der Waals surface area contributed by atoms with Gasteiger partial charge in [-0.1, -0.05) is 24.3 Å². The first-order chi connectivity index (χ1) is 13.4. The van der Waals surface area contributed by atoms with Crippen molar-refractivity contribution in [3.05, 3.63) is 65.0 Å². The summed E-state index contributed by atoms with van der Waals surface area (Å²) >= 11 is 2.36. The summed E-state index contributed by atoms with van der Waals surface area (Å²) in [5.41, 5.74) is 1.87. The molecule has 1 aromatic carbocycles. The molecule has 4 rings (SSSR count). The fourth-order valence-electron chi connectivity index (χ4n) is 4.58. The highest BCUT2D eigenvalue weighted by Crippen LogP contribution is 2.46. The Morgan fingerprint density at radius 3 is 2.29 bits per heavy atom. The summed E-state index contributed by atoms with van der Waals surface area (Å²) < 4.78 is 42.7. The number of pyridine rings is 1. The largest absolute Gasteiger partial charge is 0.416 e. The number of hydrogen-bond donors (Lipinski definition) is 0. The number of alkyl halides is 3. The maximum Gasteiger partial charge on any atom is 0.416 e. The van der Waals surface area contributed by atoms with Gasteiger partial charge in [-0.15, -0.1) is 0 Å². The van der Waals surface area contributed by atoms with E-state index in [1.807, 2.05) is 19.2 Å². The van der Waals surface area contributed by atoms with Crippen LogP contribution in [0.4, 0.5) is 13.2 Å². The Bertz CT molecular complexity index is 842. The number of likely N-dealkylation sites (tertiary alicyclic amines) is 1. The summed E-state index contributed by atoms with van der Waals surface area (Å²) in [7, 11) is 1.92. The Balaban J connectivity index is 1.60. The van der Waals surface area contributed by atoms with Gasteiger partial charge >= 0.3 is 6.18 Å². The van der Waals surface area contributed by atoms with Crippen LogP contribution in [-0.4, -0.2) is 26.6 Å². The van der Waals surface area contributed by atoms with Crippen molar-refractivity contribution in [2.75, 3.05) is 13.6 Å². The third-order valence-electron chi connectivity index (χ3n) is 5.98. The fraction of sp³-hybridized carbons (Fsp3) is 0.476. The van der Waals surface area contributed by atoms with E-state index in [4.69, 9.17) is 4.98 Å². The van der Waals surface area contributed by atoms with E-state index >= 15 is 0 Å². The third-order valence-corrected chi connectivity index (χ3v) is 7.14. The molecule has 3 heterocycles. The number of benzene rings is 1. The smallest absolute Gasteiger partial charge is 0.291 e. The van der Waals surface area contributed by atoms with Crippen LogP contribution in [0.25, 0.3) is 0 Å². The van der Waals surface area contributed by atoms with Crippen LogP contribution in [0.1, 0.15) is 66.3 Å². The van der Waals surface area contributed by atoms with E-state index in [1.54, 1.807) is 12.1 Å². The van der Waals surface area contributed by atoms with Crippen LogP contribution in [0.15, 0.2) is 42.5 Å². The Kier molecular flexibility index (Phi) is 5.68. The van der Waals surface area contributed by atoms with Crippen LogP contribution in [0.3, 0.4) is 0 Å². The molecule has 2 saturated heterocycles. The van der Waals surface area contributed by atoms with E-state index in [2.05, 4.69) is 36.9 Å². The summed E-state index contributed by atoms with van der Waals surface area (Å²) in [6, 6.07) is 12.2. The molecule has 0 bridgehead atoms. The van der Waals surface area contributed by atoms with Crippen molar-refractivity contribution < 1.29 is 13.2 Å². The van der Waals surface area contributed by atoms with E-state index in [0.717, 1.165) is 30.8 Å². The topological polar surface area (TPSA) is 19.4 Å². The molecular formula is C21H23F3IN3. The maximum absolute atomic E-state index is 13.5. The van der Waals surface area contributed by atoms with Gasteiger partial charge in [0, 0.05) is 35.5 Å². The first-order valence-electron chi connectivity index (χ1n) is 9.63. The van der Waals surface area contributed by atoms with Gasteiger partial charge in [0.25, 0.3) is 0 Å². The zero-order valence-electron chi connectivity index (χ0n) is 15.7. The average molecular weight is 501 g/mol. The molecule has 2 aliphatic rings. The molecular weight excluding hydrogens is 478 g/mol. The minimum Gasteiger partial charge on any atom is -0.291 e. The Morgan fingerprint density at radius 1 is 0.929 bits per heavy atom. The lowest BCUT2D eigenvalue weighted by atomic mass is 9.98. The summed E-state index contributed by atoms with van der Waals surface area (Å²) in [4.78, 5) is 6.99. The molecule has 3 unspecified atom stereocenters. The van der Waals surface area contributed by atoms with Crippen LogP contribution in [0.5, 0.6) is 0 Å². The summed E-state index contributed by atoms with van der Waals surface area (Å²) in [6.07, 6.45) is -0.565. The third kappa shape index (κ3) is 3.80. The van der Waals surface area contributed by atoms with Gasteiger partial charge in [-0.25, -0.2) is 3.11 Å². The minimum absolute atomic E-state index is 0.0373. The molecule has 0 radical (unpaired) electrons. The first kappa shape index (κ1) is 20.1. The number of rotatable bonds is 3. The lowest BCUT2D eigenvalue weighted by Crippen LogP contribution is -2.25. The second kappa shape index (κ2) is 7.91. The number of hydrogen-bond acceptors (Lipinski definition) is 3. The van der Waals surface area contributed by atoms with Crippen molar-refractivity contribution in [2.45, 2.75) is 50.0 Å². The Labute approximate surface area is 177 Å². The molecule has 0 N–H and O–H groups in total. The summed E-state index contributed by atoms with van der Waals surface area (Å²) in [5.74, 6) is 0. The maximum atomic E-state index is 13.5. The molecule has 1 aromatic heterocycles. The second-order valence-electron chi connectivity index (χ2n) is 7.63. The zero-order chi connectivity index (χ0) is 19.9. The molecule has 0 spiro atoms. The van der Waals surface area contributed by atoms with Gasteiger partial charge in [0.2, 0.25) is 0 Å². The molecule has 3 atom stereocenters. The second-order valence-corrected chi connectivity index (χ2v) is 8.87. The highest BCUT2D eigenvalue weighted by atomic mass is 127. The van der Waals surface area contributed by atoms with Crippen molar-refractivity contribution in [3.8, 4) is 0 Å². The molecule has 28 heavy (non-hydrogen) atoms. The average Bonchev–Trinajstić information content (AvgIpc) is 3.27. The zero-order valence-corrected chi connectivity index (χ0v) is 17.8. The van der Waals surface area contributed by atoms with Crippen molar-refractivity contribution in [1.29, 1.82) is 0 Å². The number of nitrogens with zero attached hydrogens (tertiary/aromatic N) is 3. The molecule has 3 nitrogen and oxygen atoms in total. The van der Waals surface area contributed by atoms with Gasteiger partial charge in [0.15, 0.2) is 0 Å². The molecule has 2 fully saturated rings. The lowest BCUT2D eigenvalue weighted by Gasteiger charge is -2.28. The first-order valence-corrected chi connectivity index (χ1v) is 10.6. The molecule has 2 aromatic rings. The van der Waals surface area contributed by atoms with Crippen LogP contribution in [0.2, 0.25) is 0 Å². The molecule has 7 heteroatoms. The van der Waals surface area contributed by atoms with E-state index in [1.165, 1.54) is 18.6 Å². The SMILES string of the molecule is CN1C(c2cccc(C3CCCN3I)n2)CCC1c1ccccc1C(F)(F)F. The Hall–Kier alpha value is -1.19. The normalized spacial score (nSPS) is 26.8. The number of halogens is 4. The number of aromatic nitrogens is 1. The van der Waals surface area contributed by atoms with Crippen LogP contribution >= 0.6 is 22.9 Å².